The van der Waals surface area contributed by atoms with Crippen LogP contribution < -0.4 is 0 Å². The monoisotopic (exact) mass is 167 g/mol. The fourth-order valence-electron chi connectivity index (χ4n) is 1.34. The molecule has 0 bridgehead atoms. The van der Waals surface area contributed by atoms with Gasteiger partial charge in [0.15, 0.2) is 0 Å². The number of pyridine rings is 1. The van der Waals surface area contributed by atoms with Gasteiger partial charge in [-0.05, 0) is 36.0 Å². The Morgan fingerprint density at radius 1 is 1.55 bits per heavy atom. The molecule has 1 aliphatic carbocycles. The summed E-state index contributed by atoms with van der Waals surface area (Å²) in [4.78, 5) is 4.04. The van der Waals surface area contributed by atoms with E-state index in [0.717, 1.165) is 5.92 Å². The largest absolute Gasteiger partial charge is 0.264 e. The van der Waals surface area contributed by atoms with Gasteiger partial charge >= 0.3 is 0 Å². The molecular formula is C9H10ClN. The van der Waals surface area contributed by atoms with Crippen LogP contribution in [0.15, 0.2) is 18.5 Å². The van der Waals surface area contributed by atoms with Crippen molar-refractivity contribution in [3.63, 3.8) is 0 Å². The second-order valence-corrected chi connectivity index (χ2v) is 3.25. The second kappa shape index (κ2) is 2.82. The average Bonchev–Trinajstić information content (AvgIpc) is 2.87. The highest BCUT2D eigenvalue weighted by Gasteiger charge is 2.25. The molecule has 0 radical (unpaired) electrons. The third-order valence-electron chi connectivity index (χ3n) is 2.10. The van der Waals surface area contributed by atoms with E-state index in [-0.39, 0.29) is 0 Å². The van der Waals surface area contributed by atoms with Gasteiger partial charge in [0.05, 0.1) is 0 Å². The van der Waals surface area contributed by atoms with E-state index in [1.807, 2.05) is 12.4 Å². The summed E-state index contributed by atoms with van der Waals surface area (Å²) in [6.07, 6.45) is 6.38. The minimum atomic E-state index is 0.597. The lowest BCUT2D eigenvalue weighted by Crippen LogP contribution is -1.89. The molecule has 0 spiro atoms. The van der Waals surface area contributed by atoms with Crippen molar-refractivity contribution in [1.82, 2.24) is 4.98 Å². The van der Waals surface area contributed by atoms with E-state index < -0.39 is 0 Å². The average molecular weight is 168 g/mol. The van der Waals surface area contributed by atoms with Crippen LogP contribution in [0.5, 0.6) is 0 Å². The van der Waals surface area contributed by atoms with E-state index in [2.05, 4.69) is 11.1 Å². The molecule has 2 heteroatoms. The second-order valence-electron chi connectivity index (χ2n) is 2.98. The lowest BCUT2D eigenvalue weighted by Gasteiger charge is -2.02. The number of aromatic nitrogens is 1. The Balaban J connectivity index is 2.34. The molecule has 0 aliphatic heterocycles. The zero-order chi connectivity index (χ0) is 7.68. The van der Waals surface area contributed by atoms with Crippen molar-refractivity contribution in [2.24, 2.45) is 0 Å². The summed E-state index contributed by atoms with van der Waals surface area (Å²) in [6.45, 7) is 0. The van der Waals surface area contributed by atoms with Crippen molar-refractivity contribution in [3.05, 3.63) is 29.6 Å². The van der Waals surface area contributed by atoms with Gasteiger partial charge in [0.25, 0.3) is 0 Å². The van der Waals surface area contributed by atoms with Crippen molar-refractivity contribution in [2.75, 3.05) is 0 Å². The minimum absolute atomic E-state index is 0.597. The Morgan fingerprint density at radius 2 is 2.36 bits per heavy atom. The Bertz CT molecular complexity index is 255. The highest BCUT2D eigenvalue weighted by Crippen LogP contribution is 2.41. The molecule has 0 aromatic carbocycles. The summed E-state index contributed by atoms with van der Waals surface area (Å²) in [5.41, 5.74) is 2.62. The molecule has 1 heterocycles. The number of alkyl halides is 1. The summed E-state index contributed by atoms with van der Waals surface area (Å²) in [7, 11) is 0. The molecule has 1 aliphatic rings. The Morgan fingerprint density at radius 3 is 3.00 bits per heavy atom. The molecule has 0 saturated heterocycles. The molecule has 0 atom stereocenters. The van der Waals surface area contributed by atoms with Crippen LogP contribution in [0.4, 0.5) is 0 Å². The van der Waals surface area contributed by atoms with Gasteiger partial charge in [0, 0.05) is 18.3 Å². The smallest absolute Gasteiger partial charge is 0.0492 e. The molecule has 1 aromatic rings. The highest BCUT2D eigenvalue weighted by atomic mass is 35.5. The molecule has 11 heavy (non-hydrogen) atoms. The van der Waals surface area contributed by atoms with Crippen LogP contribution in [0.1, 0.15) is 29.9 Å². The first-order valence-corrected chi connectivity index (χ1v) is 4.44. The maximum Gasteiger partial charge on any atom is 0.0492 e. The zero-order valence-corrected chi connectivity index (χ0v) is 7.01. The summed E-state index contributed by atoms with van der Waals surface area (Å²) in [5.74, 6) is 1.38. The summed E-state index contributed by atoms with van der Waals surface area (Å²) in [6, 6.07) is 2.09. The van der Waals surface area contributed by atoms with Crippen molar-refractivity contribution < 1.29 is 0 Å². The van der Waals surface area contributed by atoms with Gasteiger partial charge in [-0.25, -0.2) is 0 Å². The van der Waals surface area contributed by atoms with Crippen molar-refractivity contribution in [1.29, 1.82) is 0 Å². The zero-order valence-electron chi connectivity index (χ0n) is 6.26. The summed E-state index contributed by atoms with van der Waals surface area (Å²) in [5, 5.41) is 0. The predicted octanol–water partition coefficient (Wildman–Crippen LogP) is 2.70. The third kappa shape index (κ3) is 1.38. The minimum Gasteiger partial charge on any atom is -0.264 e. The van der Waals surface area contributed by atoms with E-state index in [1.165, 1.54) is 24.0 Å². The van der Waals surface area contributed by atoms with Crippen LogP contribution in [0, 0.1) is 0 Å². The molecule has 1 saturated carbocycles. The Kier molecular flexibility index (Phi) is 1.82. The fourth-order valence-corrected chi connectivity index (χ4v) is 1.57. The van der Waals surface area contributed by atoms with E-state index in [0.29, 0.717) is 5.88 Å². The van der Waals surface area contributed by atoms with E-state index >= 15 is 0 Å². The van der Waals surface area contributed by atoms with Gasteiger partial charge in [0.1, 0.15) is 0 Å². The van der Waals surface area contributed by atoms with Gasteiger partial charge in [-0.1, -0.05) is 0 Å². The first-order chi connectivity index (χ1) is 5.42. The van der Waals surface area contributed by atoms with Gasteiger partial charge < -0.3 is 0 Å². The first kappa shape index (κ1) is 7.11. The molecule has 0 unspecified atom stereocenters. The molecule has 1 aromatic heterocycles. The number of halogens is 1. The van der Waals surface area contributed by atoms with Crippen LogP contribution in [0.25, 0.3) is 0 Å². The van der Waals surface area contributed by atoms with E-state index in [9.17, 15) is 0 Å². The molecule has 1 nitrogen and oxygen atoms in total. The number of hydrogen-bond donors (Lipinski definition) is 0. The Labute approximate surface area is 71.4 Å². The maximum atomic E-state index is 5.76. The topological polar surface area (TPSA) is 12.9 Å². The maximum absolute atomic E-state index is 5.76. The molecule has 58 valence electrons. The standard InChI is InChI=1S/C9H10ClN/c10-5-8-6-11-4-3-9(8)7-1-2-7/h3-4,6-7H,1-2,5H2. The molecule has 0 N–H and O–H groups in total. The van der Waals surface area contributed by atoms with Crippen molar-refractivity contribution in [3.8, 4) is 0 Å². The number of hydrogen-bond acceptors (Lipinski definition) is 1. The lowest BCUT2D eigenvalue weighted by molar-refractivity contribution is 1.06. The summed E-state index contributed by atoms with van der Waals surface area (Å²) < 4.78 is 0. The molecule has 0 amide bonds. The summed E-state index contributed by atoms with van der Waals surface area (Å²) >= 11 is 5.76. The SMILES string of the molecule is ClCc1cnccc1C1CC1. The highest BCUT2D eigenvalue weighted by molar-refractivity contribution is 6.17. The molecule has 2 rings (SSSR count). The predicted molar refractivity (Wildman–Crippen MR) is 45.8 cm³/mol. The molecule has 1 fully saturated rings. The van der Waals surface area contributed by atoms with Crippen LogP contribution in [-0.4, -0.2) is 4.98 Å². The quantitative estimate of drug-likeness (QED) is 0.618. The van der Waals surface area contributed by atoms with Crippen LogP contribution in [0.2, 0.25) is 0 Å². The Hall–Kier alpha value is -0.560. The molecular weight excluding hydrogens is 158 g/mol. The first-order valence-electron chi connectivity index (χ1n) is 3.90. The van der Waals surface area contributed by atoms with E-state index in [4.69, 9.17) is 11.6 Å². The van der Waals surface area contributed by atoms with Crippen molar-refractivity contribution >= 4 is 11.6 Å². The number of rotatable bonds is 2. The van der Waals surface area contributed by atoms with Gasteiger partial charge in [-0.2, -0.15) is 0 Å². The van der Waals surface area contributed by atoms with E-state index in [1.54, 1.807) is 0 Å². The van der Waals surface area contributed by atoms with Crippen LogP contribution in [-0.2, 0) is 5.88 Å². The lowest BCUT2D eigenvalue weighted by atomic mass is 10.1. The van der Waals surface area contributed by atoms with Gasteiger partial charge in [0.2, 0.25) is 0 Å². The fraction of sp³-hybridized carbons (Fsp3) is 0.444. The van der Waals surface area contributed by atoms with Crippen LogP contribution >= 0.6 is 11.6 Å². The van der Waals surface area contributed by atoms with Crippen molar-refractivity contribution in [2.45, 2.75) is 24.6 Å². The van der Waals surface area contributed by atoms with Crippen LogP contribution in [0.3, 0.4) is 0 Å². The van der Waals surface area contributed by atoms with Gasteiger partial charge in [-0.3, -0.25) is 4.98 Å². The normalized spacial score (nSPS) is 16.8. The number of nitrogens with zero attached hydrogens (tertiary/aromatic N) is 1. The third-order valence-corrected chi connectivity index (χ3v) is 2.39. The van der Waals surface area contributed by atoms with Gasteiger partial charge in [-0.15, -0.1) is 11.6 Å².